The number of hydrogen-bond donors (Lipinski definition) is 3. The van der Waals surface area contributed by atoms with Crippen LogP contribution in [0.3, 0.4) is 0 Å². The Bertz CT molecular complexity index is 987. The number of benzene rings is 1. The summed E-state index contributed by atoms with van der Waals surface area (Å²) in [4.78, 5) is 31.8. The summed E-state index contributed by atoms with van der Waals surface area (Å²) in [6.45, 7) is 0.417. The van der Waals surface area contributed by atoms with Gasteiger partial charge in [-0.05, 0) is 5.56 Å². The third-order valence-electron chi connectivity index (χ3n) is 3.50. The molecule has 3 aromatic rings. The van der Waals surface area contributed by atoms with Crippen molar-refractivity contribution in [2.75, 3.05) is 18.7 Å². The fraction of sp³-hybridized carbons (Fsp3) is 0.267. The number of nitrogens with two attached hydrogens (primary N) is 1. The molecular formula is C15H18N5O5P. The van der Waals surface area contributed by atoms with E-state index in [0.717, 1.165) is 5.56 Å². The van der Waals surface area contributed by atoms with Crippen molar-refractivity contribution in [3.8, 4) is 0 Å². The summed E-state index contributed by atoms with van der Waals surface area (Å²) < 4.78 is 23.8. The molecule has 0 unspecified atom stereocenters. The standard InChI is InChI=1S/C15H18N5O5P/c16-15-18-13-12(14(21)19-15)17-9-20(13)6-7-24-10-26(22,23)25-8-11-4-2-1-3-5-11/h1-5,9H,6-8,10H2,(H,22,23)(H3,16,18,19,21). The van der Waals surface area contributed by atoms with Crippen molar-refractivity contribution in [1.82, 2.24) is 19.5 Å². The van der Waals surface area contributed by atoms with Gasteiger partial charge in [0.1, 0.15) is 6.35 Å². The normalized spacial score (nSPS) is 13.7. The highest BCUT2D eigenvalue weighted by atomic mass is 31.2. The molecule has 4 N–H and O–H groups in total. The Labute approximate surface area is 148 Å². The van der Waals surface area contributed by atoms with Crippen molar-refractivity contribution >= 4 is 24.7 Å². The highest BCUT2D eigenvalue weighted by Gasteiger charge is 2.20. The number of hydrogen-bond acceptors (Lipinski definition) is 7. The molecule has 138 valence electrons. The zero-order valence-corrected chi connectivity index (χ0v) is 14.6. The highest BCUT2D eigenvalue weighted by molar-refractivity contribution is 7.52. The molecule has 0 aliphatic heterocycles. The monoisotopic (exact) mass is 379 g/mol. The van der Waals surface area contributed by atoms with Crippen molar-refractivity contribution in [1.29, 1.82) is 0 Å². The van der Waals surface area contributed by atoms with Gasteiger partial charge in [0.15, 0.2) is 11.2 Å². The van der Waals surface area contributed by atoms with E-state index in [9.17, 15) is 14.3 Å². The van der Waals surface area contributed by atoms with Crippen LogP contribution < -0.4 is 11.3 Å². The summed E-state index contributed by atoms with van der Waals surface area (Å²) in [5.74, 6) is -0.0145. The SMILES string of the molecule is Nc1nc2c(ncn2CCOC[P@@](=O)(O)OCc2ccccc2)c(=O)[nH]1. The summed E-state index contributed by atoms with van der Waals surface area (Å²) in [6.07, 6.45) is 0.989. The summed E-state index contributed by atoms with van der Waals surface area (Å²) in [7, 11) is -3.87. The number of H-pyrrole nitrogens is 1. The second kappa shape index (κ2) is 7.79. The van der Waals surface area contributed by atoms with Crippen molar-refractivity contribution in [2.45, 2.75) is 13.2 Å². The Morgan fingerprint density at radius 1 is 1.31 bits per heavy atom. The van der Waals surface area contributed by atoms with E-state index in [1.165, 1.54) is 6.33 Å². The lowest BCUT2D eigenvalue weighted by molar-refractivity contribution is 0.136. The van der Waals surface area contributed by atoms with Gasteiger partial charge in [0.25, 0.3) is 5.56 Å². The molecule has 11 heteroatoms. The number of aromatic amines is 1. The minimum Gasteiger partial charge on any atom is -0.369 e. The molecule has 0 aliphatic rings. The molecule has 3 rings (SSSR count). The number of nitrogens with zero attached hydrogens (tertiary/aromatic N) is 3. The van der Waals surface area contributed by atoms with Gasteiger partial charge in [-0.3, -0.25) is 14.3 Å². The maximum Gasteiger partial charge on any atom is 0.353 e. The van der Waals surface area contributed by atoms with Crippen molar-refractivity contribution in [3.05, 3.63) is 52.6 Å². The molecule has 0 spiro atoms. The molecule has 0 saturated heterocycles. The molecule has 0 aliphatic carbocycles. The quantitative estimate of drug-likeness (QED) is 0.389. The maximum atomic E-state index is 12.0. The van der Waals surface area contributed by atoms with Gasteiger partial charge in [-0.1, -0.05) is 30.3 Å². The second-order valence-corrected chi connectivity index (χ2v) is 7.29. The van der Waals surface area contributed by atoms with E-state index in [4.69, 9.17) is 15.0 Å². The predicted molar refractivity (Wildman–Crippen MR) is 94.4 cm³/mol. The topological polar surface area (TPSA) is 145 Å². The third kappa shape index (κ3) is 4.55. The summed E-state index contributed by atoms with van der Waals surface area (Å²) in [5, 5.41) is 0. The molecule has 26 heavy (non-hydrogen) atoms. The molecule has 1 aromatic carbocycles. The third-order valence-corrected chi connectivity index (χ3v) is 4.54. The zero-order valence-electron chi connectivity index (χ0n) is 13.7. The predicted octanol–water partition coefficient (Wildman–Crippen LogP) is 1.08. The van der Waals surface area contributed by atoms with Crippen molar-refractivity contribution in [3.63, 3.8) is 0 Å². The van der Waals surface area contributed by atoms with E-state index in [2.05, 4.69) is 15.0 Å². The van der Waals surface area contributed by atoms with E-state index < -0.39 is 19.5 Å². The van der Waals surface area contributed by atoms with Gasteiger partial charge >= 0.3 is 7.60 Å². The molecule has 0 bridgehead atoms. The van der Waals surface area contributed by atoms with Gasteiger partial charge in [0.2, 0.25) is 5.95 Å². The lowest BCUT2D eigenvalue weighted by atomic mass is 10.2. The van der Waals surface area contributed by atoms with Crippen LogP contribution in [-0.2, 0) is 27.0 Å². The average Bonchev–Trinajstić information content (AvgIpc) is 3.01. The number of aromatic nitrogens is 4. The molecule has 2 heterocycles. The van der Waals surface area contributed by atoms with E-state index in [1.54, 1.807) is 16.7 Å². The van der Waals surface area contributed by atoms with Crippen LogP contribution in [0.5, 0.6) is 0 Å². The van der Waals surface area contributed by atoms with E-state index in [1.807, 2.05) is 18.2 Å². The fourth-order valence-corrected chi connectivity index (χ4v) is 3.05. The van der Waals surface area contributed by atoms with Crippen LogP contribution in [0.2, 0.25) is 0 Å². The smallest absolute Gasteiger partial charge is 0.353 e. The van der Waals surface area contributed by atoms with Crippen LogP contribution in [0.25, 0.3) is 11.2 Å². The molecule has 0 saturated carbocycles. The molecule has 0 amide bonds. The minimum absolute atomic E-state index is 0.0145. The number of anilines is 1. The Morgan fingerprint density at radius 2 is 2.08 bits per heavy atom. The van der Waals surface area contributed by atoms with E-state index >= 15 is 0 Å². The fourth-order valence-electron chi connectivity index (χ4n) is 2.26. The number of nitrogen functional groups attached to an aromatic ring is 1. The Morgan fingerprint density at radius 3 is 2.85 bits per heavy atom. The van der Waals surface area contributed by atoms with Gasteiger partial charge in [0.05, 0.1) is 19.5 Å². The largest absolute Gasteiger partial charge is 0.369 e. The summed E-state index contributed by atoms with van der Waals surface area (Å²) in [6, 6.07) is 9.08. The van der Waals surface area contributed by atoms with E-state index in [0.29, 0.717) is 5.65 Å². The average molecular weight is 379 g/mol. The van der Waals surface area contributed by atoms with Gasteiger partial charge in [-0.2, -0.15) is 4.98 Å². The molecule has 10 nitrogen and oxygen atoms in total. The van der Waals surface area contributed by atoms with Crippen LogP contribution in [0.15, 0.2) is 41.5 Å². The first kappa shape index (κ1) is 18.3. The highest BCUT2D eigenvalue weighted by Crippen LogP contribution is 2.42. The number of imidazole rings is 1. The summed E-state index contributed by atoms with van der Waals surface area (Å²) in [5.41, 5.74) is 6.37. The first-order chi connectivity index (χ1) is 12.4. The Kier molecular flexibility index (Phi) is 5.48. The molecule has 2 aromatic heterocycles. The van der Waals surface area contributed by atoms with Crippen LogP contribution in [0.1, 0.15) is 5.56 Å². The number of ether oxygens (including phenoxy) is 1. The summed E-state index contributed by atoms with van der Waals surface area (Å²) >= 11 is 0. The first-order valence-corrected chi connectivity index (χ1v) is 9.49. The van der Waals surface area contributed by atoms with Gasteiger partial charge in [-0.15, -0.1) is 0 Å². The maximum absolute atomic E-state index is 12.0. The van der Waals surface area contributed by atoms with E-state index in [-0.39, 0.29) is 31.2 Å². The first-order valence-electron chi connectivity index (χ1n) is 7.73. The Hall–Kier alpha value is -2.52. The number of fused-ring (bicyclic) bond motifs is 1. The second-order valence-electron chi connectivity index (χ2n) is 5.50. The van der Waals surface area contributed by atoms with Gasteiger partial charge in [0, 0.05) is 6.54 Å². The van der Waals surface area contributed by atoms with Crippen LogP contribution in [0, 0.1) is 0 Å². The Balaban J connectivity index is 1.51. The van der Waals surface area contributed by atoms with Gasteiger partial charge < -0.3 is 24.5 Å². The molecule has 0 radical (unpaired) electrons. The zero-order chi connectivity index (χ0) is 18.6. The van der Waals surface area contributed by atoms with Crippen LogP contribution in [-0.4, -0.2) is 37.4 Å². The van der Waals surface area contributed by atoms with Crippen LogP contribution >= 0.6 is 7.60 Å². The lowest BCUT2D eigenvalue weighted by Gasteiger charge is -2.13. The van der Waals surface area contributed by atoms with Crippen LogP contribution in [0.4, 0.5) is 5.95 Å². The molecule has 0 fully saturated rings. The minimum atomic E-state index is -3.87. The number of nitrogens with one attached hydrogen (secondary N) is 1. The molecule has 1 atom stereocenters. The van der Waals surface area contributed by atoms with Gasteiger partial charge in [-0.25, -0.2) is 4.98 Å². The molecular weight excluding hydrogens is 361 g/mol. The number of rotatable bonds is 8. The lowest BCUT2D eigenvalue weighted by Crippen LogP contribution is -2.13. The van der Waals surface area contributed by atoms with Crippen molar-refractivity contribution in [2.24, 2.45) is 0 Å². The van der Waals surface area contributed by atoms with Crippen molar-refractivity contribution < 1.29 is 18.7 Å².